The molecule has 2 heterocycles. The molecule has 0 aliphatic carbocycles. The summed E-state index contributed by atoms with van der Waals surface area (Å²) in [5, 5.41) is 28.6. The largest absolute Gasteiger partial charge is 0.416 e. The van der Waals surface area contributed by atoms with E-state index in [1.807, 2.05) is 5.38 Å². The van der Waals surface area contributed by atoms with Crippen molar-refractivity contribution in [2.75, 3.05) is 0 Å². The van der Waals surface area contributed by atoms with Crippen molar-refractivity contribution < 1.29 is 46.0 Å². The van der Waals surface area contributed by atoms with E-state index in [0.29, 0.717) is 17.0 Å². The Morgan fingerprint density at radius 2 is 1.71 bits per heavy atom. The summed E-state index contributed by atoms with van der Waals surface area (Å²) in [5.74, 6) is -1.66. The maximum Gasteiger partial charge on any atom is 0.416 e. The predicted molar refractivity (Wildman–Crippen MR) is 141 cm³/mol. The molecule has 0 bridgehead atoms. The molecule has 0 aliphatic heterocycles. The summed E-state index contributed by atoms with van der Waals surface area (Å²) >= 11 is 1.37. The Kier molecular flexibility index (Phi) is 10.1. The van der Waals surface area contributed by atoms with E-state index < -0.39 is 52.9 Å². The van der Waals surface area contributed by atoms with Crippen LogP contribution in [0.5, 0.6) is 0 Å². The van der Waals surface area contributed by atoms with Crippen molar-refractivity contribution in [2.24, 2.45) is 11.3 Å². The number of hydrogen-bond acceptors (Lipinski definition) is 8. The molecule has 3 rings (SSSR count). The molecular weight excluding hydrogens is 590 g/mol. The van der Waals surface area contributed by atoms with Crippen molar-refractivity contribution in [3.63, 3.8) is 0 Å². The van der Waals surface area contributed by atoms with E-state index in [1.54, 1.807) is 38.4 Å². The fourth-order valence-corrected chi connectivity index (χ4v) is 4.85. The minimum atomic E-state index is -5.00. The third-order valence-electron chi connectivity index (χ3n) is 6.43. The van der Waals surface area contributed by atoms with Crippen LogP contribution in [0.1, 0.15) is 62.2 Å². The first-order chi connectivity index (χ1) is 19.4. The number of nitrogens with zero attached hydrogens (tertiary/aromatic N) is 2. The highest BCUT2D eigenvalue weighted by Gasteiger charge is 2.38. The lowest BCUT2D eigenvalue weighted by Crippen LogP contribution is -2.45. The average molecular weight is 621 g/mol. The Balaban J connectivity index is 1.83. The minimum Gasteiger partial charge on any atom is -0.386 e. The summed E-state index contributed by atoms with van der Waals surface area (Å²) in [6, 6.07) is 4.01. The molecule has 4 N–H and O–H groups in total. The lowest BCUT2D eigenvalue weighted by Gasteiger charge is -2.31. The van der Waals surface area contributed by atoms with E-state index in [2.05, 4.69) is 22.0 Å². The summed E-state index contributed by atoms with van der Waals surface area (Å²) in [6.07, 6.45) is -12.2. The zero-order valence-corrected chi connectivity index (χ0v) is 23.6. The van der Waals surface area contributed by atoms with Crippen molar-refractivity contribution in [2.45, 2.75) is 64.5 Å². The molecule has 3 atom stereocenters. The van der Waals surface area contributed by atoms with Crippen LogP contribution in [0.25, 0.3) is 10.8 Å². The van der Waals surface area contributed by atoms with E-state index in [-0.39, 0.29) is 48.3 Å². The summed E-state index contributed by atoms with van der Waals surface area (Å²) in [6.45, 7) is 8.85. The second kappa shape index (κ2) is 12.8. The average Bonchev–Trinajstić information content (AvgIpc) is 3.59. The molecule has 1 amide bonds. The molecule has 8 nitrogen and oxygen atoms in total. The number of hydrogen-bond donors (Lipinski definition) is 4. The van der Waals surface area contributed by atoms with E-state index in [1.165, 1.54) is 11.3 Å². The number of hydroxylamine groups is 1. The molecule has 15 heteroatoms. The number of halogens is 6. The number of nitrogens with one attached hydrogen (secondary N) is 2. The molecule has 1 aromatic carbocycles. The van der Waals surface area contributed by atoms with Gasteiger partial charge in [-0.25, -0.2) is 0 Å². The fourth-order valence-electron chi connectivity index (χ4n) is 4.20. The van der Waals surface area contributed by atoms with Gasteiger partial charge in [-0.1, -0.05) is 38.6 Å². The van der Waals surface area contributed by atoms with Gasteiger partial charge in [-0.3, -0.25) is 15.5 Å². The van der Waals surface area contributed by atoms with Gasteiger partial charge in [0.05, 0.1) is 33.7 Å². The van der Waals surface area contributed by atoms with Crippen molar-refractivity contribution in [3.05, 3.63) is 70.5 Å². The number of aliphatic hydroxyl groups excluding tert-OH is 1. The summed E-state index contributed by atoms with van der Waals surface area (Å²) in [5.41, 5.74) is -2.47. The lowest BCUT2D eigenvalue weighted by molar-refractivity contribution is -0.143. The molecule has 0 spiro atoms. The second-order valence-corrected chi connectivity index (χ2v) is 11.7. The quantitative estimate of drug-likeness (QED) is 0.142. The molecule has 0 unspecified atom stereocenters. The van der Waals surface area contributed by atoms with E-state index in [4.69, 9.17) is 4.52 Å². The highest BCUT2D eigenvalue weighted by Crippen LogP contribution is 2.37. The topological polar surface area (TPSA) is 121 Å². The van der Waals surface area contributed by atoms with Gasteiger partial charge >= 0.3 is 12.4 Å². The predicted octanol–water partition coefficient (Wildman–Crippen LogP) is 6.53. The number of alkyl halides is 6. The van der Waals surface area contributed by atoms with Crippen molar-refractivity contribution >= 4 is 17.2 Å². The van der Waals surface area contributed by atoms with E-state index >= 15 is 0 Å². The monoisotopic (exact) mass is 620 g/mol. The first-order valence-corrected chi connectivity index (χ1v) is 13.5. The summed E-state index contributed by atoms with van der Waals surface area (Å²) < 4.78 is 84.9. The summed E-state index contributed by atoms with van der Waals surface area (Å²) in [4.78, 5) is 18.6. The fraction of sp³-hybridized carbons (Fsp3) is 0.444. The van der Waals surface area contributed by atoms with Gasteiger partial charge in [-0.15, -0.1) is 11.3 Å². The molecule has 0 aliphatic rings. The minimum absolute atomic E-state index is 0.0366. The van der Waals surface area contributed by atoms with Crippen LogP contribution in [0, 0.1) is 11.3 Å². The Bertz CT molecular complexity index is 1330. The van der Waals surface area contributed by atoms with Crippen molar-refractivity contribution in [3.8, 4) is 10.8 Å². The first kappa shape index (κ1) is 33.1. The molecule has 230 valence electrons. The SMILES string of the molecule is C=C(NO)[C@@H](O)[C@@H](CCCc1cc(C(F)(F)F)cc(C(F)(F)F)c1)C(=O)N[C@H](c1noc(-c2cccs2)n1)C(C)(C)C. The van der Waals surface area contributed by atoms with Gasteiger partial charge in [0.2, 0.25) is 5.91 Å². The normalized spacial score (nSPS) is 14.7. The van der Waals surface area contributed by atoms with E-state index in [0.717, 1.165) is 0 Å². The smallest absolute Gasteiger partial charge is 0.386 e. The number of benzene rings is 1. The van der Waals surface area contributed by atoms with Gasteiger partial charge < -0.3 is 14.9 Å². The molecule has 0 saturated heterocycles. The maximum absolute atomic E-state index is 13.5. The highest BCUT2D eigenvalue weighted by molar-refractivity contribution is 7.13. The standard InChI is InChI=1S/C27H30F6N4O4S/c1-14(36-40)20(38)18(8-5-7-15-11-16(26(28,29)30)13-17(12-15)27(31,32)33)23(39)34-21(25(2,3)4)22-35-24(41-37-22)19-9-6-10-42-19/h6,9-13,18,20-21,36,38,40H,1,5,7-8H2,2-4H3,(H,34,39)/t18-,20-,21-/m1/s1. The molecule has 0 fully saturated rings. The van der Waals surface area contributed by atoms with Crippen LogP contribution >= 0.6 is 11.3 Å². The Morgan fingerprint density at radius 3 is 2.21 bits per heavy atom. The van der Waals surface area contributed by atoms with E-state index in [9.17, 15) is 41.5 Å². The van der Waals surface area contributed by atoms with Crippen LogP contribution in [0.4, 0.5) is 26.3 Å². The van der Waals surface area contributed by atoms with Crippen LogP contribution in [-0.4, -0.2) is 32.5 Å². The molecule has 3 aromatic rings. The molecule has 0 radical (unpaired) electrons. The zero-order valence-electron chi connectivity index (χ0n) is 22.8. The third kappa shape index (κ3) is 8.32. The van der Waals surface area contributed by atoms with Gasteiger partial charge in [-0.2, -0.15) is 31.3 Å². The molecule has 0 saturated carbocycles. The number of aliphatic hydroxyl groups is 1. The van der Waals surface area contributed by atoms with Gasteiger partial charge in [0.15, 0.2) is 5.82 Å². The number of aryl methyl sites for hydroxylation is 1. The van der Waals surface area contributed by atoms with Crippen molar-refractivity contribution in [1.82, 2.24) is 20.9 Å². The second-order valence-electron chi connectivity index (χ2n) is 10.7. The number of aromatic nitrogens is 2. The van der Waals surface area contributed by atoms with Crippen LogP contribution in [0.2, 0.25) is 0 Å². The van der Waals surface area contributed by atoms with Crippen molar-refractivity contribution in [1.29, 1.82) is 0 Å². The molecular formula is C27H30F6N4O4S. The van der Waals surface area contributed by atoms with Crippen LogP contribution in [0.3, 0.4) is 0 Å². The highest BCUT2D eigenvalue weighted by atomic mass is 32.1. The van der Waals surface area contributed by atoms with Gasteiger partial charge in [0.1, 0.15) is 6.10 Å². The van der Waals surface area contributed by atoms with Crippen LogP contribution in [0.15, 0.2) is 52.5 Å². The van der Waals surface area contributed by atoms with Gasteiger partial charge in [-0.05, 0) is 59.9 Å². The van der Waals surface area contributed by atoms with Gasteiger partial charge in [0, 0.05) is 0 Å². The number of carbonyl (C=O) groups excluding carboxylic acids is 1. The zero-order chi connectivity index (χ0) is 31.5. The Morgan fingerprint density at radius 1 is 1.10 bits per heavy atom. The number of amides is 1. The van der Waals surface area contributed by atoms with Crippen LogP contribution < -0.4 is 10.8 Å². The number of carbonyl (C=O) groups is 1. The molecule has 42 heavy (non-hydrogen) atoms. The lowest BCUT2D eigenvalue weighted by atomic mass is 9.85. The van der Waals surface area contributed by atoms with Gasteiger partial charge in [0.25, 0.3) is 5.89 Å². The Hall–Kier alpha value is -3.43. The first-order valence-electron chi connectivity index (χ1n) is 12.6. The summed E-state index contributed by atoms with van der Waals surface area (Å²) in [7, 11) is 0. The number of thiophene rings is 1. The Labute approximate surface area is 241 Å². The number of rotatable bonds is 11. The third-order valence-corrected chi connectivity index (χ3v) is 7.29. The van der Waals surface area contributed by atoms with Crippen LogP contribution in [-0.2, 0) is 23.6 Å². The maximum atomic E-state index is 13.5. The molecule has 2 aromatic heterocycles.